The molecule has 3 aromatic rings. The minimum Gasteiger partial charge on any atom is -0.397 e. The predicted octanol–water partition coefficient (Wildman–Crippen LogP) is 5.02. The largest absolute Gasteiger partial charge is 0.397 e. The van der Waals surface area contributed by atoms with E-state index in [1.54, 1.807) is 30.5 Å². The van der Waals surface area contributed by atoms with Crippen molar-refractivity contribution in [3.8, 4) is 0 Å². The minimum atomic E-state index is -0.531. The fraction of sp³-hybridized carbons (Fsp3) is 0. The van der Waals surface area contributed by atoms with Crippen LogP contribution < -0.4 is 5.73 Å². The van der Waals surface area contributed by atoms with Crippen LogP contribution in [0.25, 0.3) is 10.9 Å². The smallest absolute Gasteiger partial charge is 0.144 e. The van der Waals surface area contributed by atoms with Crippen molar-refractivity contribution in [3.05, 3.63) is 59.5 Å². The molecule has 0 unspecified atom stereocenters. The lowest BCUT2D eigenvalue weighted by atomic mass is 10.1. The first-order chi connectivity index (χ1) is 10.1. The van der Waals surface area contributed by atoms with Crippen molar-refractivity contribution in [1.29, 1.82) is 0 Å². The highest BCUT2D eigenvalue weighted by Gasteiger charge is 2.04. The number of anilines is 1. The summed E-state index contributed by atoms with van der Waals surface area (Å²) in [7, 11) is 0. The third-order valence-corrected chi connectivity index (χ3v) is 3.26. The van der Waals surface area contributed by atoms with Gasteiger partial charge in [-0.25, -0.2) is 4.39 Å². The molecule has 1 aromatic heterocycles. The summed E-state index contributed by atoms with van der Waals surface area (Å²) in [5.74, 6) is -0.531. The molecule has 2 aromatic carbocycles. The number of aromatic nitrogens is 1. The van der Waals surface area contributed by atoms with Crippen molar-refractivity contribution < 1.29 is 4.39 Å². The van der Waals surface area contributed by atoms with Crippen molar-refractivity contribution in [2.24, 2.45) is 10.2 Å². The number of halogens is 2. The standard InChI is InChI=1S/C15H10ClFN4/c16-11-4-3-9(8-12(11)17)20-21-14-6-5-13(18)15-10(14)2-1-7-19-15/h1-8H,18H2. The second-order valence-corrected chi connectivity index (χ2v) is 4.78. The fourth-order valence-electron chi connectivity index (χ4n) is 1.93. The summed E-state index contributed by atoms with van der Waals surface area (Å²) in [6.45, 7) is 0. The van der Waals surface area contributed by atoms with Gasteiger partial charge in [0.25, 0.3) is 0 Å². The summed E-state index contributed by atoms with van der Waals surface area (Å²) in [6.07, 6.45) is 1.66. The first-order valence-corrected chi connectivity index (χ1v) is 6.53. The van der Waals surface area contributed by atoms with Gasteiger partial charge in [-0.2, -0.15) is 5.11 Å². The van der Waals surface area contributed by atoms with Crippen LogP contribution in [0.5, 0.6) is 0 Å². The lowest BCUT2D eigenvalue weighted by Gasteiger charge is -2.03. The van der Waals surface area contributed by atoms with E-state index in [0.717, 1.165) is 5.39 Å². The van der Waals surface area contributed by atoms with E-state index in [4.69, 9.17) is 17.3 Å². The fourth-order valence-corrected chi connectivity index (χ4v) is 2.04. The lowest BCUT2D eigenvalue weighted by molar-refractivity contribution is 0.628. The molecule has 0 spiro atoms. The average Bonchev–Trinajstić information content (AvgIpc) is 2.50. The van der Waals surface area contributed by atoms with Crippen molar-refractivity contribution in [2.75, 3.05) is 5.73 Å². The molecule has 0 amide bonds. The van der Waals surface area contributed by atoms with E-state index in [1.807, 2.05) is 6.07 Å². The van der Waals surface area contributed by atoms with Gasteiger partial charge in [-0.1, -0.05) is 11.6 Å². The van der Waals surface area contributed by atoms with Crippen molar-refractivity contribution >= 4 is 39.6 Å². The Kier molecular flexibility index (Phi) is 3.50. The molecule has 0 aliphatic rings. The SMILES string of the molecule is Nc1ccc(N=Nc2ccc(Cl)c(F)c2)c2cccnc12. The number of rotatable bonds is 2. The van der Waals surface area contributed by atoms with E-state index in [-0.39, 0.29) is 5.02 Å². The highest BCUT2D eigenvalue weighted by atomic mass is 35.5. The van der Waals surface area contributed by atoms with E-state index < -0.39 is 5.82 Å². The maximum atomic E-state index is 13.4. The molecule has 0 aliphatic carbocycles. The summed E-state index contributed by atoms with van der Waals surface area (Å²) in [5.41, 5.74) is 8.10. The molecule has 0 atom stereocenters. The quantitative estimate of drug-likeness (QED) is 0.533. The van der Waals surface area contributed by atoms with Crippen LogP contribution in [0.15, 0.2) is 58.9 Å². The van der Waals surface area contributed by atoms with E-state index in [2.05, 4.69) is 15.2 Å². The Morgan fingerprint density at radius 2 is 1.95 bits per heavy atom. The Morgan fingerprint density at radius 3 is 2.76 bits per heavy atom. The second kappa shape index (κ2) is 5.46. The Hall–Kier alpha value is -2.53. The van der Waals surface area contributed by atoms with E-state index in [9.17, 15) is 4.39 Å². The van der Waals surface area contributed by atoms with E-state index in [0.29, 0.717) is 22.6 Å². The molecule has 0 bridgehead atoms. The Bertz CT molecular complexity index is 848. The van der Waals surface area contributed by atoms with Crippen LogP contribution in [0.1, 0.15) is 0 Å². The molecule has 4 nitrogen and oxygen atoms in total. The van der Waals surface area contributed by atoms with Gasteiger partial charge < -0.3 is 5.73 Å². The molecule has 0 saturated heterocycles. The number of fused-ring (bicyclic) bond motifs is 1. The average molecular weight is 301 g/mol. The molecule has 0 fully saturated rings. The summed E-state index contributed by atoms with van der Waals surface area (Å²) < 4.78 is 13.4. The van der Waals surface area contributed by atoms with Gasteiger partial charge in [0.1, 0.15) is 5.82 Å². The maximum Gasteiger partial charge on any atom is 0.144 e. The van der Waals surface area contributed by atoms with Gasteiger partial charge in [-0.15, -0.1) is 5.11 Å². The molecule has 2 N–H and O–H groups in total. The first-order valence-electron chi connectivity index (χ1n) is 6.15. The molecule has 6 heteroatoms. The number of azo groups is 1. The summed E-state index contributed by atoms with van der Waals surface area (Å²) in [6, 6.07) is 11.4. The van der Waals surface area contributed by atoms with Crippen molar-refractivity contribution in [3.63, 3.8) is 0 Å². The predicted molar refractivity (Wildman–Crippen MR) is 81.7 cm³/mol. The molecular formula is C15H10ClFN4. The molecule has 0 saturated carbocycles. The van der Waals surface area contributed by atoms with E-state index >= 15 is 0 Å². The number of nitrogen functional groups attached to an aromatic ring is 1. The number of benzene rings is 2. The summed E-state index contributed by atoms with van der Waals surface area (Å²) in [4.78, 5) is 4.22. The summed E-state index contributed by atoms with van der Waals surface area (Å²) in [5, 5.41) is 8.99. The van der Waals surface area contributed by atoms with Gasteiger partial charge in [-0.05, 0) is 36.4 Å². The van der Waals surface area contributed by atoms with Crippen LogP contribution in [-0.2, 0) is 0 Å². The summed E-state index contributed by atoms with van der Waals surface area (Å²) >= 11 is 5.62. The second-order valence-electron chi connectivity index (χ2n) is 4.37. The topological polar surface area (TPSA) is 63.6 Å². The third kappa shape index (κ3) is 2.68. The molecule has 3 rings (SSSR count). The number of hydrogen-bond donors (Lipinski definition) is 1. The van der Waals surface area contributed by atoms with Gasteiger partial charge >= 0.3 is 0 Å². The van der Waals surface area contributed by atoms with Gasteiger partial charge in [0.05, 0.1) is 27.6 Å². The zero-order valence-electron chi connectivity index (χ0n) is 10.8. The van der Waals surface area contributed by atoms with Gasteiger partial charge in [0.2, 0.25) is 0 Å². The lowest BCUT2D eigenvalue weighted by Crippen LogP contribution is -1.88. The highest BCUT2D eigenvalue weighted by molar-refractivity contribution is 6.30. The monoisotopic (exact) mass is 300 g/mol. The molecular weight excluding hydrogens is 291 g/mol. The molecule has 0 aliphatic heterocycles. The zero-order valence-corrected chi connectivity index (χ0v) is 11.5. The minimum absolute atomic E-state index is 0.0519. The van der Waals surface area contributed by atoms with Crippen LogP contribution in [0.3, 0.4) is 0 Å². The molecule has 1 heterocycles. The Balaban J connectivity index is 2.03. The normalized spacial score (nSPS) is 11.3. The zero-order chi connectivity index (χ0) is 14.8. The number of pyridine rings is 1. The first kappa shape index (κ1) is 13.5. The Labute approximate surface area is 125 Å². The Morgan fingerprint density at radius 1 is 1.10 bits per heavy atom. The number of nitrogens with zero attached hydrogens (tertiary/aromatic N) is 3. The van der Waals surface area contributed by atoms with Crippen LogP contribution in [0.2, 0.25) is 5.02 Å². The van der Waals surface area contributed by atoms with Crippen molar-refractivity contribution in [1.82, 2.24) is 4.98 Å². The number of nitrogens with two attached hydrogens (primary N) is 1. The molecule has 0 radical (unpaired) electrons. The number of hydrogen-bond acceptors (Lipinski definition) is 4. The highest BCUT2D eigenvalue weighted by Crippen LogP contribution is 2.30. The van der Waals surface area contributed by atoms with E-state index in [1.165, 1.54) is 12.1 Å². The van der Waals surface area contributed by atoms with Crippen LogP contribution in [0.4, 0.5) is 21.5 Å². The van der Waals surface area contributed by atoms with Crippen LogP contribution >= 0.6 is 11.6 Å². The molecule has 21 heavy (non-hydrogen) atoms. The van der Waals surface area contributed by atoms with Gasteiger partial charge in [0, 0.05) is 17.6 Å². The van der Waals surface area contributed by atoms with Gasteiger partial charge in [0.15, 0.2) is 0 Å². The maximum absolute atomic E-state index is 13.4. The van der Waals surface area contributed by atoms with Crippen LogP contribution in [0, 0.1) is 5.82 Å². The third-order valence-electron chi connectivity index (χ3n) is 2.95. The molecule has 104 valence electrons. The van der Waals surface area contributed by atoms with Crippen LogP contribution in [-0.4, -0.2) is 4.98 Å². The van der Waals surface area contributed by atoms with Crippen molar-refractivity contribution in [2.45, 2.75) is 0 Å². The van der Waals surface area contributed by atoms with Gasteiger partial charge in [-0.3, -0.25) is 4.98 Å².